The first kappa shape index (κ1) is 18.6. The Kier molecular flexibility index (Phi) is 5.21. The van der Waals surface area contributed by atoms with E-state index in [1.54, 1.807) is 7.11 Å². The van der Waals surface area contributed by atoms with Crippen molar-refractivity contribution in [3.63, 3.8) is 0 Å². The van der Waals surface area contributed by atoms with Crippen LogP contribution in [0.2, 0.25) is 0 Å². The normalized spacial score (nSPS) is 24.2. The van der Waals surface area contributed by atoms with Gasteiger partial charge in [-0.15, -0.1) is 0 Å². The third-order valence-electron chi connectivity index (χ3n) is 6.06. The van der Waals surface area contributed by atoms with Crippen molar-refractivity contribution in [2.45, 2.75) is 25.4 Å². The summed E-state index contributed by atoms with van der Waals surface area (Å²) in [6.07, 6.45) is 3.00. The first-order valence-corrected chi connectivity index (χ1v) is 10.2. The summed E-state index contributed by atoms with van der Waals surface area (Å²) < 4.78 is 33.5. The van der Waals surface area contributed by atoms with Crippen molar-refractivity contribution >= 4 is 0 Å². The van der Waals surface area contributed by atoms with Crippen LogP contribution in [0.3, 0.4) is 0 Å². The predicted octanol–water partition coefficient (Wildman–Crippen LogP) is 3.60. The Balaban J connectivity index is 1.34. The van der Waals surface area contributed by atoms with Crippen LogP contribution in [-0.4, -0.2) is 40.0 Å². The van der Waals surface area contributed by atoms with E-state index >= 15 is 0 Å². The molecule has 3 heterocycles. The third-order valence-corrected chi connectivity index (χ3v) is 6.06. The van der Waals surface area contributed by atoms with Gasteiger partial charge in [-0.25, -0.2) is 0 Å². The molecule has 1 fully saturated rings. The van der Waals surface area contributed by atoms with Gasteiger partial charge in [0.25, 0.3) is 0 Å². The van der Waals surface area contributed by atoms with Crippen LogP contribution in [0.25, 0.3) is 0 Å². The summed E-state index contributed by atoms with van der Waals surface area (Å²) >= 11 is 0. The summed E-state index contributed by atoms with van der Waals surface area (Å²) in [6, 6.07) is 12.5. The molecule has 0 aliphatic carbocycles. The molecule has 0 saturated carbocycles. The number of hydrogen-bond acceptors (Lipinski definition) is 6. The van der Waals surface area contributed by atoms with Crippen LogP contribution in [-0.2, 0) is 22.3 Å². The summed E-state index contributed by atoms with van der Waals surface area (Å²) in [5.41, 5.74) is 2.51. The lowest BCUT2D eigenvalue weighted by Gasteiger charge is -2.23. The van der Waals surface area contributed by atoms with Gasteiger partial charge in [0.1, 0.15) is 0 Å². The molecule has 2 aromatic carbocycles. The van der Waals surface area contributed by atoms with Crippen molar-refractivity contribution in [1.82, 2.24) is 0 Å². The zero-order valence-corrected chi connectivity index (χ0v) is 16.6. The van der Waals surface area contributed by atoms with E-state index in [9.17, 15) is 0 Å². The fraction of sp³-hybridized carbons (Fsp3) is 0.478. The second-order valence-electron chi connectivity index (χ2n) is 7.86. The highest BCUT2D eigenvalue weighted by Crippen LogP contribution is 2.39. The van der Waals surface area contributed by atoms with Gasteiger partial charge in [-0.3, -0.25) is 0 Å². The monoisotopic (exact) mass is 398 g/mol. The lowest BCUT2D eigenvalue weighted by molar-refractivity contribution is 0.0573. The van der Waals surface area contributed by atoms with E-state index in [-0.39, 0.29) is 6.10 Å². The second-order valence-corrected chi connectivity index (χ2v) is 7.86. The Morgan fingerprint density at radius 1 is 0.828 bits per heavy atom. The number of rotatable bonds is 7. The minimum absolute atomic E-state index is 0.194. The van der Waals surface area contributed by atoms with Gasteiger partial charge in [0.15, 0.2) is 23.0 Å². The molecule has 154 valence electrons. The van der Waals surface area contributed by atoms with Crippen LogP contribution in [0, 0.1) is 11.8 Å². The maximum Gasteiger partial charge on any atom is 0.231 e. The Morgan fingerprint density at radius 3 is 2.10 bits per heavy atom. The molecular formula is C23H26O6. The average Bonchev–Trinajstić information content (AvgIpc) is 3.47. The van der Waals surface area contributed by atoms with Crippen LogP contribution in [0.5, 0.6) is 23.0 Å². The molecule has 29 heavy (non-hydrogen) atoms. The highest BCUT2D eigenvalue weighted by atomic mass is 16.7. The van der Waals surface area contributed by atoms with Crippen LogP contribution in [0.4, 0.5) is 0 Å². The predicted molar refractivity (Wildman–Crippen MR) is 106 cm³/mol. The first-order chi connectivity index (χ1) is 14.3. The van der Waals surface area contributed by atoms with Gasteiger partial charge in [-0.1, -0.05) is 12.1 Å². The molecule has 1 unspecified atom stereocenters. The summed E-state index contributed by atoms with van der Waals surface area (Å²) in [5.74, 6) is 4.17. The van der Waals surface area contributed by atoms with Gasteiger partial charge < -0.3 is 28.4 Å². The standard InChI is InChI=1S/C23H26O6/c1-24-7-6-19-18(9-16-3-5-21-23(11-16)29-14-27-21)17(12-25-19)8-15-2-4-20-22(10-15)28-13-26-20/h2-5,10-11,17-19H,6-9,12-14H2,1H3/t17-,18+,19?/m0/s1. The maximum absolute atomic E-state index is 6.22. The average molecular weight is 398 g/mol. The van der Waals surface area contributed by atoms with Crippen molar-refractivity contribution in [2.24, 2.45) is 11.8 Å². The van der Waals surface area contributed by atoms with E-state index < -0.39 is 0 Å². The van der Waals surface area contributed by atoms with Crippen molar-refractivity contribution in [3.05, 3.63) is 47.5 Å². The lowest BCUT2D eigenvalue weighted by Crippen LogP contribution is -2.25. The molecule has 0 aromatic heterocycles. The first-order valence-electron chi connectivity index (χ1n) is 10.2. The minimum Gasteiger partial charge on any atom is -0.454 e. The van der Waals surface area contributed by atoms with E-state index in [0.29, 0.717) is 32.0 Å². The molecule has 0 spiro atoms. The Hall–Kier alpha value is -2.44. The lowest BCUT2D eigenvalue weighted by atomic mass is 9.81. The number of methoxy groups -OCH3 is 1. The van der Waals surface area contributed by atoms with Crippen LogP contribution in [0.15, 0.2) is 36.4 Å². The molecule has 6 nitrogen and oxygen atoms in total. The summed E-state index contributed by atoms with van der Waals surface area (Å²) in [4.78, 5) is 0. The number of ether oxygens (including phenoxy) is 6. The highest BCUT2D eigenvalue weighted by Gasteiger charge is 2.37. The summed E-state index contributed by atoms with van der Waals surface area (Å²) in [5, 5.41) is 0. The number of fused-ring (bicyclic) bond motifs is 2. The third kappa shape index (κ3) is 3.87. The van der Waals surface area contributed by atoms with Gasteiger partial charge >= 0.3 is 0 Å². The zero-order chi connectivity index (χ0) is 19.6. The number of hydrogen-bond donors (Lipinski definition) is 0. The van der Waals surface area contributed by atoms with Crippen molar-refractivity contribution in [3.8, 4) is 23.0 Å². The quantitative estimate of drug-likeness (QED) is 0.710. The number of benzene rings is 2. The Bertz CT molecular complexity index is 866. The molecule has 1 saturated heterocycles. The molecule has 3 aliphatic rings. The van der Waals surface area contributed by atoms with Crippen molar-refractivity contribution in [2.75, 3.05) is 33.9 Å². The van der Waals surface area contributed by atoms with E-state index in [0.717, 1.165) is 48.9 Å². The van der Waals surface area contributed by atoms with Gasteiger partial charge in [0.2, 0.25) is 13.6 Å². The molecule has 0 amide bonds. The summed E-state index contributed by atoms with van der Waals surface area (Å²) in [7, 11) is 1.74. The maximum atomic E-state index is 6.22. The fourth-order valence-corrected chi connectivity index (χ4v) is 4.55. The van der Waals surface area contributed by atoms with Crippen molar-refractivity contribution in [1.29, 1.82) is 0 Å². The molecule has 2 aromatic rings. The topological polar surface area (TPSA) is 55.4 Å². The Labute approximate surface area is 170 Å². The highest BCUT2D eigenvalue weighted by molar-refractivity contribution is 5.45. The molecule has 0 bridgehead atoms. The van der Waals surface area contributed by atoms with Gasteiger partial charge in [-0.2, -0.15) is 0 Å². The fourth-order valence-electron chi connectivity index (χ4n) is 4.55. The SMILES string of the molecule is COCCC1OC[C@H](Cc2ccc3c(c2)OCO3)[C@H]1Cc1ccc2c(c1)OCO2. The second kappa shape index (κ2) is 8.13. The summed E-state index contributed by atoms with van der Waals surface area (Å²) in [6.45, 7) is 2.07. The molecule has 0 N–H and O–H groups in total. The van der Waals surface area contributed by atoms with Crippen LogP contribution in [0.1, 0.15) is 17.5 Å². The van der Waals surface area contributed by atoms with E-state index in [2.05, 4.69) is 24.3 Å². The molecule has 5 rings (SSSR count). The Morgan fingerprint density at radius 2 is 1.45 bits per heavy atom. The molecule has 6 heteroatoms. The van der Waals surface area contributed by atoms with Crippen LogP contribution >= 0.6 is 0 Å². The van der Waals surface area contributed by atoms with E-state index in [1.807, 2.05) is 12.1 Å². The van der Waals surface area contributed by atoms with Gasteiger partial charge in [0, 0.05) is 13.7 Å². The molecule has 0 radical (unpaired) electrons. The zero-order valence-electron chi connectivity index (χ0n) is 16.6. The van der Waals surface area contributed by atoms with E-state index in [4.69, 9.17) is 28.4 Å². The molecular weight excluding hydrogens is 372 g/mol. The molecule has 3 aliphatic heterocycles. The van der Waals surface area contributed by atoms with Gasteiger partial charge in [0.05, 0.1) is 12.7 Å². The smallest absolute Gasteiger partial charge is 0.231 e. The van der Waals surface area contributed by atoms with Crippen molar-refractivity contribution < 1.29 is 28.4 Å². The largest absolute Gasteiger partial charge is 0.454 e. The van der Waals surface area contributed by atoms with Gasteiger partial charge in [-0.05, 0) is 66.5 Å². The van der Waals surface area contributed by atoms with E-state index in [1.165, 1.54) is 11.1 Å². The van der Waals surface area contributed by atoms with Crippen LogP contribution < -0.4 is 18.9 Å². The minimum atomic E-state index is 0.194. The molecule has 3 atom stereocenters.